The molecule has 0 spiro atoms. The molecular weight excluding hydrogens is 339 g/mol. The van der Waals surface area contributed by atoms with E-state index in [1.165, 1.54) is 27.6 Å². The van der Waals surface area contributed by atoms with Gasteiger partial charge in [-0.3, -0.25) is 9.36 Å². The van der Waals surface area contributed by atoms with Crippen molar-refractivity contribution in [2.75, 3.05) is 13.1 Å². The number of nitrogens with zero attached hydrogens (tertiary/aromatic N) is 3. The topological polar surface area (TPSA) is 80.7 Å². The standard InChI is InChI=1S/C14H15FN4O2S2/c1-8-6-19(11-3-2-10(23-11)12(16)20)14(22-8)17-13(21)18-5-4-9(15)7-18/h2-3,6,9H,4-5,7H2,1H3,(H2,16,20)/b17-14-. The predicted molar refractivity (Wildman–Crippen MR) is 86.8 cm³/mol. The number of likely N-dealkylation sites (tertiary alicyclic amines) is 1. The third-order valence-corrected chi connectivity index (χ3v) is 5.43. The number of thiazole rings is 1. The first-order valence-electron chi connectivity index (χ1n) is 7.01. The molecule has 2 aromatic rings. The first-order chi connectivity index (χ1) is 10.9. The fourth-order valence-corrected chi connectivity index (χ4v) is 4.04. The van der Waals surface area contributed by atoms with Gasteiger partial charge in [-0.25, -0.2) is 9.18 Å². The average molecular weight is 354 g/mol. The quantitative estimate of drug-likeness (QED) is 0.896. The molecule has 1 fully saturated rings. The lowest BCUT2D eigenvalue weighted by molar-refractivity contribution is 0.100. The molecule has 1 saturated heterocycles. The van der Waals surface area contributed by atoms with E-state index in [1.807, 2.05) is 13.1 Å². The molecule has 1 aliphatic rings. The molecule has 1 atom stereocenters. The van der Waals surface area contributed by atoms with E-state index in [0.29, 0.717) is 22.6 Å². The number of hydrogen-bond acceptors (Lipinski definition) is 4. The zero-order valence-electron chi connectivity index (χ0n) is 12.4. The number of urea groups is 1. The van der Waals surface area contributed by atoms with E-state index in [9.17, 15) is 14.0 Å². The molecule has 9 heteroatoms. The smallest absolute Gasteiger partial charge is 0.346 e. The van der Waals surface area contributed by atoms with Crippen LogP contribution >= 0.6 is 22.7 Å². The van der Waals surface area contributed by atoms with E-state index in [1.54, 1.807) is 16.7 Å². The molecule has 0 aliphatic carbocycles. The lowest BCUT2D eigenvalue weighted by atomic mass is 10.3. The van der Waals surface area contributed by atoms with Crippen LogP contribution in [0.5, 0.6) is 0 Å². The largest absolute Gasteiger partial charge is 0.365 e. The van der Waals surface area contributed by atoms with Crippen molar-refractivity contribution in [2.24, 2.45) is 10.7 Å². The van der Waals surface area contributed by atoms with Crippen molar-refractivity contribution < 1.29 is 14.0 Å². The van der Waals surface area contributed by atoms with Gasteiger partial charge in [-0.2, -0.15) is 4.99 Å². The molecule has 1 aliphatic heterocycles. The van der Waals surface area contributed by atoms with Gasteiger partial charge in [0.05, 0.1) is 11.4 Å². The minimum atomic E-state index is -0.971. The van der Waals surface area contributed by atoms with Crippen LogP contribution in [0.25, 0.3) is 5.00 Å². The molecular formula is C14H15FN4O2S2. The van der Waals surface area contributed by atoms with Crippen LogP contribution in [0.3, 0.4) is 0 Å². The van der Waals surface area contributed by atoms with Crippen molar-refractivity contribution in [1.29, 1.82) is 0 Å². The first-order valence-corrected chi connectivity index (χ1v) is 8.64. The summed E-state index contributed by atoms with van der Waals surface area (Å²) in [6.45, 7) is 2.39. The monoisotopic (exact) mass is 354 g/mol. The minimum absolute atomic E-state index is 0.0948. The molecule has 2 N–H and O–H groups in total. The number of amides is 3. The summed E-state index contributed by atoms with van der Waals surface area (Å²) < 4.78 is 15.0. The van der Waals surface area contributed by atoms with Gasteiger partial charge < -0.3 is 10.6 Å². The van der Waals surface area contributed by atoms with Gasteiger partial charge in [0.15, 0.2) is 4.80 Å². The van der Waals surface area contributed by atoms with Gasteiger partial charge in [0.1, 0.15) is 11.2 Å². The summed E-state index contributed by atoms with van der Waals surface area (Å²) in [5, 5.41) is 0.750. The highest BCUT2D eigenvalue weighted by molar-refractivity contribution is 7.16. The third-order valence-electron chi connectivity index (χ3n) is 3.43. The molecule has 3 heterocycles. The Labute approximate surface area is 139 Å². The number of alkyl halides is 1. The Morgan fingerprint density at radius 3 is 2.78 bits per heavy atom. The average Bonchev–Trinajstić information content (AvgIpc) is 3.18. The summed E-state index contributed by atoms with van der Waals surface area (Å²) in [5.74, 6) is -0.491. The number of aromatic nitrogens is 1. The number of thiophene rings is 1. The number of primary amides is 1. The Kier molecular flexibility index (Phi) is 4.31. The van der Waals surface area contributed by atoms with Crippen LogP contribution in [-0.2, 0) is 0 Å². The number of nitrogens with two attached hydrogens (primary N) is 1. The van der Waals surface area contributed by atoms with Crippen molar-refractivity contribution in [3.8, 4) is 5.00 Å². The predicted octanol–water partition coefficient (Wildman–Crippen LogP) is 2.07. The van der Waals surface area contributed by atoms with Crippen LogP contribution < -0.4 is 10.5 Å². The number of halogens is 1. The number of carbonyl (C=O) groups is 2. The Bertz CT molecular complexity index is 823. The van der Waals surface area contributed by atoms with Gasteiger partial charge in [-0.1, -0.05) is 0 Å². The van der Waals surface area contributed by atoms with Crippen molar-refractivity contribution in [1.82, 2.24) is 9.47 Å². The molecule has 0 saturated carbocycles. The summed E-state index contributed by atoms with van der Waals surface area (Å²) in [7, 11) is 0. The van der Waals surface area contributed by atoms with Crippen molar-refractivity contribution in [2.45, 2.75) is 19.5 Å². The van der Waals surface area contributed by atoms with Gasteiger partial charge in [0.25, 0.3) is 5.91 Å². The van der Waals surface area contributed by atoms with E-state index in [-0.39, 0.29) is 6.54 Å². The number of hydrogen-bond donors (Lipinski definition) is 1. The molecule has 23 heavy (non-hydrogen) atoms. The second kappa shape index (κ2) is 6.25. The highest BCUT2D eigenvalue weighted by Crippen LogP contribution is 2.21. The zero-order valence-corrected chi connectivity index (χ0v) is 14.0. The maximum absolute atomic E-state index is 13.2. The summed E-state index contributed by atoms with van der Waals surface area (Å²) in [5.41, 5.74) is 5.27. The Hall–Kier alpha value is -2.00. The van der Waals surface area contributed by atoms with Gasteiger partial charge in [-0.05, 0) is 25.5 Å². The lowest BCUT2D eigenvalue weighted by Gasteiger charge is -2.10. The SMILES string of the molecule is Cc1cn(-c2ccc(C(N)=O)s2)/c(=N/C(=O)N2CCC(F)C2)s1. The first kappa shape index (κ1) is 15.9. The molecule has 3 rings (SSSR count). The molecule has 2 aromatic heterocycles. The van der Waals surface area contributed by atoms with Crippen LogP contribution in [0.4, 0.5) is 9.18 Å². The summed E-state index contributed by atoms with van der Waals surface area (Å²) in [6, 6.07) is 2.96. The lowest BCUT2D eigenvalue weighted by Crippen LogP contribution is -2.28. The molecule has 0 radical (unpaired) electrons. The van der Waals surface area contributed by atoms with E-state index >= 15 is 0 Å². The molecule has 122 valence electrons. The second-order valence-electron chi connectivity index (χ2n) is 5.22. The summed E-state index contributed by atoms with van der Waals surface area (Å²) in [6.07, 6.45) is 1.23. The second-order valence-corrected chi connectivity index (χ2v) is 7.50. The molecule has 0 aromatic carbocycles. The fourth-order valence-electron chi connectivity index (χ4n) is 2.32. The summed E-state index contributed by atoms with van der Waals surface area (Å²) in [4.78, 5) is 30.8. The van der Waals surface area contributed by atoms with Gasteiger partial charge >= 0.3 is 6.03 Å². The van der Waals surface area contributed by atoms with Crippen molar-refractivity contribution >= 4 is 34.6 Å². The minimum Gasteiger partial charge on any atom is -0.365 e. The maximum Gasteiger partial charge on any atom is 0.346 e. The van der Waals surface area contributed by atoms with Crippen molar-refractivity contribution in [3.05, 3.63) is 32.9 Å². The molecule has 0 bridgehead atoms. The van der Waals surface area contributed by atoms with E-state index < -0.39 is 18.1 Å². The van der Waals surface area contributed by atoms with Crippen LogP contribution in [0.2, 0.25) is 0 Å². The van der Waals surface area contributed by atoms with Crippen LogP contribution in [0, 0.1) is 6.92 Å². The Morgan fingerprint density at radius 1 is 1.39 bits per heavy atom. The normalized spacial score (nSPS) is 18.6. The molecule has 1 unspecified atom stereocenters. The van der Waals surface area contributed by atoms with E-state index in [4.69, 9.17) is 5.73 Å². The highest BCUT2D eigenvalue weighted by atomic mass is 32.1. The van der Waals surface area contributed by atoms with Crippen molar-refractivity contribution in [3.63, 3.8) is 0 Å². The summed E-state index contributed by atoms with van der Waals surface area (Å²) >= 11 is 2.59. The van der Waals surface area contributed by atoms with Gasteiger partial charge in [-0.15, -0.1) is 22.7 Å². The van der Waals surface area contributed by atoms with Gasteiger partial charge in [0, 0.05) is 17.6 Å². The highest BCUT2D eigenvalue weighted by Gasteiger charge is 2.25. The number of rotatable bonds is 2. The van der Waals surface area contributed by atoms with Crippen LogP contribution in [0.15, 0.2) is 23.3 Å². The fraction of sp³-hybridized carbons (Fsp3) is 0.357. The van der Waals surface area contributed by atoms with E-state index in [2.05, 4.69) is 4.99 Å². The molecule has 3 amide bonds. The van der Waals surface area contributed by atoms with Gasteiger partial charge in [0.2, 0.25) is 0 Å². The maximum atomic E-state index is 13.2. The van der Waals surface area contributed by atoms with Crippen LogP contribution in [-0.4, -0.2) is 40.7 Å². The zero-order chi connectivity index (χ0) is 16.6. The van der Waals surface area contributed by atoms with E-state index in [0.717, 1.165) is 9.88 Å². The Balaban J connectivity index is 1.95. The number of carbonyl (C=O) groups excluding carboxylic acids is 2. The molecule has 6 nitrogen and oxygen atoms in total. The number of aryl methyl sites for hydroxylation is 1. The van der Waals surface area contributed by atoms with Crippen LogP contribution in [0.1, 0.15) is 21.0 Å². The third kappa shape index (κ3) is 3.35. The Morgan fingerprint density at radius 2 is 2.17 bits per heavy atom.